The zero-order valence-corrected chi connectivity index (χ0v) is 16.5. The molecule has 2 aliphatic heterocycles. The lowest BCUT2D eigenvalue weighted by molar-refractivity contribution is -0.150. The lowest BCUT2D eigenvalue weighted by atomic mass is 10.0. The maximum absolute atomic E-state index is 12.6. The Morgan fingerprint density at radius 3 is 2.57 bits per heavy atom. The Kier molecular flexibility index (Phi) is 5.99. The largest absolute Gasteiger partial charge is 0.477 e. The fourth-order valence-corrected chi connectivity index (χ4v) is 5.59. The molecule has 0 aliphatic carbocycles. The Labute approximate surface area is 167 Å². The average molecular weight is 422 g/mol. The summed E-state index contributed by atoms with van der Waals surface area (Å²) >= 11 is 0.900. The molecule has 0 radical (unpaired) electrons. The summed E-state index contributed by atoms with van der Waals surface area (Å²) in [5, 5.41) is 11.0. The minimum atomic E-state index is -1.58. The van der Waals surface area contributed by atoms with Crippen LogP contribution in [0, 0.1) is 0 Å². The van der Waals surface area contributed by atoms with Crippen LogP contribution in [-0.2, 0) is 36.4 Å². The van der Waals surface area contributed by atoms with Gasteiger partial charge in [-0.3, -0.25) is 23.5 Å². The molecule has 8 nitrogen and oxygen atoms in total. The van der Waals surface area contributed by atoms with E-state index in [1.807, 2.05) is 6.07 Å². The third-order valence-electron chi connectivity index (χ3n) is 4.38. The third kappa shape index (κ3) is 4.02. The average Bonchev–Trinajstić information content (AvgIpc) is 2.64. The quantitative estimate of drug-likeness (QED) is 0.631. The molecule has 2 unspecified atom stereocenters. The number of rotatable bonds is 6. The summed E-state index contributed by atoms with van der Waals surface area (Å²) in [6, 6.07) is 7.93. The lowest BCUT2D eigenvalue weighted by Gasteiger charge is -2.49. The van der Waals surface area contributed by atoms with Gasteiger partial charge in [-0.25, -0.2) is 4.79 Å². The molecule has 0 saturated carbocycles. The van der Waals surface area contributed by atoms with Crippen LogP contribution in [0.3, 0.4) is 0 Å². The van der Waals surface area contributed by atoms with Gasteiger partial charge in [-0.1, -0.05) is 42.1 Å². The minimum absolute atomic E-state index is 0.0542. The van der Waals surface area contributed by atoms with Crippen LogP contribution in [0.2, 0.25) is 0 Å². The fraction of sp³-hybridized carbons (Fsp3) is 0.333. The van der Waals surface area contributed by atoms with E-state index in [1.54, 1.807) is 24.3 Å². The highest BCUT2D eigenvalue weighted by Crippen LogP contribution is 2.35. The van der Waals surface area contributed by atoms with Crippen LogP contribution in [0.15, 0.2) is 41.6 Å². The first-order chi connectivity index (χ1) is 13.3. The fourth-order valence-electron chi connectivity index (χ4n) is 3.16. The number of thioether (sulfide) groups is 1. The molecule has 2 aliphatic rings. The summed E-state index contributed by atoms with van der Waals surface area (Å²) in [5.41, 5.74) is 0.810. The number of hydrogen-bond donors (Lipinski definition) is 2. The van der Waals surface area contributed by atoms with Gasteiger partial charge in [0, 0.05) is 12.7 Å². The second kappa shape index (κ2) is 8.27. The molecule has 1 saturated heterocycles. The molecule has 2 amide bonds. The summed E-state index contributed by atoms with van der Waals surface area (Å²) in [7, 11) is -1.58. The maximum atomic E-state index is 12.6. The van der Waals surface area contributed by atoms with Crippen molar-refractivity contribution in [3.05, 3.63) is 47.2 Å². The predicted molar refractivity (Wildman–Crippen MR) is 104 cm³/mol. The van der Waals surface area contributed by atoms with Crippen molar-refractivity contribution >= 4 is 45.5 Å². The van der Waals surface area contributed by atoms with Crippen LogP contribution in [-0.4, -0.2) is 60.0 Å². The number of hydrogen-bond acceptors (Lipinski definition) is 6. The number of carboxylic acids is 1. The van der Waals surface area contributed by atoms with E-state index in [9.17, 15) is 28.5 Å². The van der Waals surface area contributed by atoms with Crippen molar-refractivity contribution in [3.63, 3.8) is 0 Å². The Bertz CT molecular complexity index is 899. The molecule has 3 rings (SSSR count). The number of aliphatic carboxylic acids is 1. The smallest absolute Gasteiger partial charge is 0.352 e. The molecule has 2 N–H and O–H groups in total. The number of benzene rings is 1. The number of carboxylic acid groups (broad SMARTS) is 1. The van der Waals surface area contributed by atoms with Crippen molar-refractivity contribution in [2.24, 2.45) is 0 Å². The normalized spacial score (nSPS) is 23.7. The van der Waals surface area contributed by atoms with E-state index in [-0.39, 0.29) is 34.3 Å². The van der Waals surface area contributed by atoms with Gasteiger partial charge in [0.25, 0.3) is 5.91 Å². The van der Waals surface area contributed by atoms with Crippen molar-refractivity contribution in [2.75, 3.05) is 11.5 Å². The molecular weight excluding hydrogens is 404 g/mol. The van der Waals surface area contributed by atoms with Gasteiger partial charge in [-0.05, 0) is 11.1 Å². The van der Waals surface area contributed by atoms with Gasteiger partial charge >= 0.3 is 5.97 Å². The molecule has 1 fully saturated rings. The molecule has 2 heterocycles. The molecule has 28 heavy (non-hydrogen) atoms. The third-order valence-corrected chi connectivity index (χ3v) is 6.93. The topological polar surface area (TPSA) is 121 Å². The van der Waals surface area contributed by atoms with Crippen LogP contribution < -0.4 is 5.32 Å². The van der Waals surface area contributed by atoms with Gasteiger partial charge in [0.1, 0.15) is 17.1 Å². The monoisotopic (exact) mass is 422 g/mol. The summed E-state index contributed by atoms with van der Waals surface area (Å²) < 4.78 is 12.6. The number of fused-ring (bicyclic) bond motifs is 1. The van der Waals surface area contributed by atoms with Gasteiger partial charge < -0.3 is 10.4 Å². The van der Waals surface area contributed by atoms with E-state index >= 15 is 0 Å². The highest BCUT2D eigenvalue weighted by Gasteiger charge is 2.57. The predicted octanol–water partition coefficient (Wildman–Crippen LogP) is 0.263. The van der Waals surface area contributed by atoms with Gasteiger partial charge in [0.05, 0.1) is 23.0 Å². The van der Waals surface area contributed by atoms with Crippen molar-refractivity contribution in [3.8, 4) is 0 Å². The number of β-lactam (4-membered cyclic amide) rings is 1. The van der Waals surface area contributed by atoms with Crippen molar-refractivity contribution in [2.45, 2.75) is 24.8 Å². The van der Waals surface area contributed by atoms with Gasteiger partial charge in [0.15, 0.2) is 5.12 Å². The Balaban J connectivity index is 1.75. The standard InChI is InChI=1S/C18H18N2O6S2/c1-10(21)27-8-12-9-28(26)17-14(16(23)20(17)15(12)18(24)25)19-13(22)7-11-5-3-2-4-6-11/h2-6,14,17H,7-9H2,1H3,(H,19,22)(H,24,25)/t14?,17-,28?/m1/s1. The zero-order chi connectivity index (χ0) is 20.4. The SMILES string of the molecule is CC(=O)SCC1=C(C(=O)O)N2C(=O)C(NC(=O)Cc3ccccc3)[C@H]2S(=O)C1. The summed E-state index contributed by atoms with van der Waals surface area (Å²) in [6.07, 6.45) is 0.0616. The Morgan fingerprint density at radius 1 is 1.29 bits per heavy atom. The van der Waals surface area contributed by atoms with Crippen molar-refractivity contribution in [1.82, 2.24) is 10.2 Å². The second-order valence-corrected chi connectivity index (χ2v) is 9.05. The lowest BCUT2D eigenvalue weighted by Crippen LogP contribution is -2.73. The molecule has 3 atom stereocenters. The first-order valence-corrected chi connectivity index (χ1v) is 10.8. The minimum Gasteiger partial charge on any atom is -0.477 e. The van der Waals surface area contributed by atoms with Crippen LogP contribution in [0.4, 0.5) is 0 Å². The van der Waals surface area contributed by atoms with Crippen LogP contribution in [0.1, 0.15) is 12.5 Å². The van der Waals surface area contributed by atoms with Crippen molar-refractivity contribution in [1.29, 1.82) is 0 Å². The highest BCUT2D eigenvalue weighted by atomic mass is 32.2. The number of nitrogens with one attached hydrogen (secondary N) is 1. The molecule has 0 spiro atoms. The number of carbonyl (C=O) groups is 4. The number of nitrogens with zero attached hydrogens (tertiary/aromatic N) is 1. The maximum Gasteiger partial charge on any atom is 0.352 e. The first-order valence-electron chi connectivity index (χ1n) is 8.41. The number of amides is 2. The summed E-state index contributed by atoms with van der Waals surface area (Å²) in [4.78, 5) is 48.6. The Hall–Kier alpha value is -2.46. The van der Waals surface area contributed by atoms with Gasteiger partial charge in [-0.15, -0.1) is 0 Å². The number of carbonyl (C=O) groups excluding carboxylic acids is 3. The summed E-state index contributed by atoms with van der Waals surface area (Å²) in [5.74, 6) is -2.32. The van der Waals surface area contributed by atoms with Gasteiger partial charge in [0.2, 0.25) is 5.91 Å². The highest BCUT2D eigenvalue weighted by molar-refractivity contribution is 8.13. The Morgan fingerprint density at radius 2 is 1.96 bits per heavy atom. The van der Waals surface area contributed by atoms with E-state index < -0.39 is 40.0 Å². The molecule has 1 aromatic carbocycles. The second-order valence-electron chi connectivity index (χ2n) is 6.37. The molecule has 0 bridgehead atoms. The molecule has 148 valence electrons. The zero-order valence-electron chi connectivity index (χ0n) is 14.9. The molecular formula is C18H18N2O6S2. The van der Waals surface area contributed by atoms with Gasteiger partial charge in [-0.2, -0.15) is 0 Å². The first kappa shape index (κ1) is 20.3. The van der Waals surface area contributed by atoms with Crippen molar-refractivity contribution < 1.29 is 28.5 Å². The van der Waals surface area contributed by atoms with Crippen LogP contribution in [0.5, 0.6) is 0 Å². The molecule has 10 heteroatoms. The van der Waals surface area contributed by atoms with E-state index in [1.165, 1.54) is 6.92 Å². The van der Waals surface area contributed by atoms with Crippen LogP contribution >= 0.6 is 11.8 Å². The molecule has 0 aromatic heterocycles. The molecule has 1 aromatic rings. The summed E-state index contributed by atoms with van der Waals surface area (Å²) in [6.45, 7) is 1.35. The van der Waals surface area contributed by atoms with E-state index in [2.05, 4.69) is 5.32 Å². The van der Waals surface area contributed by atoms with E-state index in [4.69, 9.17) is 0 Å². The van der Waals surface area contributed by atoms with E-state index in [0.29, 0.717) is 0 Å². The van der Waals surface area contributed by atoms with Crippen LogP contribution in [0.25, 0.3) is 0 Å². The van der Waals surface area contributed by atoms with E-state index in [0.717, 1.165) is 22.2 Å².